The SMILES string of the molecule is O=c1ccnc(-c2ccc(N3CCNCC3)cc2)[nH]1. The summed E-state index contributed by atoms with van der Waals surface area (Å²) >= 11 is 0. The molecule has 2 aromatic rings. The van der Waals surface area contributed by atoms with Gasteiger partial charge in [0.15, 0.2) is 0 Å². The number of piperazine rings is 1. The van der Waals surface area contributed by atoms with E-state index in [2.05, 4.69) is 32.3 Å². The van der Waals surface area contributed by atoms with Crippen LogP contribution >= 0.6 is 0 Å². The Kier molecular flexibility index (Phi) is 3.29. The number of nitrogens with one attached hydrogen (secondary N) is 2. The Bertz CT molecular complexity index is 599. The number of nitrogens with zero attached hydrogens (tertiary/aromatic N) is 2. The molecule has 1 aliphatic rings. The minimum absolute atomic E-state index is 0.129. The van der Waals surface area contributed by atoms with Gasteiger partial charge < -0.3 is 15.2 Å². The molecule has 1 saturated heterocycles. The molecule has 0 amide bonds. The average molecular weight is 256 g/mol. The quantitative estimate of drug-likeness (QED) is 0.836. The van der Waals surface area contributed by atoms with E-state index >= 15 is 0 Å². The van der Waals surface area contributed by atoms with Crippen LogP contribution in [-0.4, -0.2) is 36.1 Å². The van der Waals surface area contributed by atoms with Crippen LogP contribution in [0.1, 0.15) is 0 Å². The Hall–Kier alpha value is -2.14. The fraction of sp³-hybridized carbons (Fsp3) is 0.286. The molecule has 1 aliphatic heterocycles. The van der Waals surface area contributed by atoms with E-state index in [4.69, 9.17) is 0 Å². The lowest BCUT2D eigenvalue weighted by Crippen LogP contribution is -2.43. The van der Waals surface area contributed by atoms with Gasteiger partial charge >= 0.3 is 0 Å². The molecule has 5 nitrogen and oxygen atoms in total. The molecule has 1 aromatic heterocycles. The van der Waals surface area contributed by atoms with Gasteiger partial charge in [-0.25, -0.2) is 4.98 Å². The van der Waals surface area contributed by atoms with E-state index in [9.17, 15) is 4.79 Å². The van der Waals surface area contributed by atoms with E-state index < -0.39 is 0 Å². The van der Waals surface area contributed by atoms with Crippen LogP contribution in [0.25, 0.3) is 11.4 Å². The van der Waals surface area contributed by atoms with E-state index in [1.165, 1.54) is 18.0 Å². The lowest BCUT2D eigenvalue weighted by atomic mass is 10.1. The van der Waals surface area contributed by atoms with Gasteiger partial charge in [0, 0.05) is 49.7 Å². The van der Waals surface area contributed by atoms with E-state index in [1.54, 1.807) is 0 Å². The molecule has 0 atom stereocenters. The van der Waals surface area contributed by atoms with Crippen molar-refractivity contribution in [2.45, 2.75) is 0 Å². The molecule has 98 valence electrons. The maximum atomic E-state index is 11.3. The van der Waals surface area contributed by atoms with E-state index in [-0.39, 0.29) is 5.56 Å². The van der Waals surface area contributed by atoms with Gasteiger partial charge in [-0.3, -0.25) is 4.79 Å². The summed E-state index contributed by atoms with van der Waals surface area (Å²) in [5.41, 5.74) is 2.01. The van der Waals surface area contributed by atoms with Gasteiger partial charge in [0.05, 0.1) is 0 Å². The number of aromatic nitrogens is 2. The maximum absolute atomic E-state index is 11.3. The van der Waals surface area contributed by atoms with Crippen LogP contribution in [0.3, 0.4) is 0 Å². The number of H-pyrrole nitrogens is 1. The summed E-state index contributed by atoms with van der Waals surface area (Å²) in [5.74, 6) is 0.611. The summed E-state index contributed by atoms with van der Waals surface area (Å²) in [6.45, 7) is 4.10. The summed E-state index contributed by atoms with van der Waals surface area (Å²) in [7, 11) is 0. The van der Waals surface area contributed by atoms with Gasteiger partial charge in [-0.15, -0.1) is 0 Å². The second-order valence-corrected chi connectivity index (χ2v) is 4.57. The molecule has 2 heterocycles. The first kappa shape index (κ1) is 11.9. The summed E-state index contributed by atoms with van der Waals surface area (Å²) in [6, 6.07) is 9.56. The fourth-order valence-corrected chi connectivity index (χ4v) is 2.27. The van der Waals surface area contributed by atoms with Crippen molar-refractivity contribution in [3.05, 3.63) is 46.9 Å². The van der Waals surface area contributed by atoms with Crippen molar-refractivity contribution in [3.8, 4) is 11.4 Å². The Morgan fingerprint density at radius 3 is 2.47 bits per heavy atom. The molecule has 0 unspecified atom stereocenters. The Balaban J connectivity index is 1.84. The highest BCUT2D eigenvalue weighted by molar-refractivity contribution is 5.60. The number of hydrogen-bond acceptors (Lipinski definition) is 4. The van der Waals surface area contributed by atoms with Crippen LogP contribution < -0.4 is 15.8 Å². The van der Waals surface area contributed by atoms with Crippen LogP contribution in [0.2, 0.25) is 0 Å². The van der Waals surface area contributed by atoms with Gasteiger partial charge in [0.1, 0.15) is 5.82 Å². The van der Waals surface area contributed by atoms with Crippen molar-refractivity contribution >= 4 is 5.69 Å². The molecule has 0 aliphatic carbocycles. The molecule has 5 heteroatoms. The smallest absolute Gasteiger partial charge is 0.251 e. The summed E-state index contributed by atoms with van der Waals surface area (Å²) in [5, 5.41) is 3.34. The van der Waals surface area contributed by atoms with E-state index in [0.29, 0.717) is 5.82 Å². The largest absolute Gasteiger partial charge is 0.369 e. The maximum Gasteiger partial charge on any atom is 0.251 e. The normalized spacial score (nSPS) is 15.5. The van der Waals surface area contributed by atoms with Crippen molar-refractivity contribution in [2.75, 3.05) is 31.1 Å². The zero-order valence-electron chi connectivity index (χ0n) is 10.6. The molecular formula is C14H16N4O. The molecule has 0 radical (unpaired) electrons. The zero-order chi connectivity index (χ0) is 13.1. The molecule has 1 aromatic carbocycles. The Morgan fingerprint density at radius 2 is 1.79 bits per heavy atom. The van der Waals surface area contributed by atoms with Gasteiger partial charge in [-0.2, -0.15) is 0 Å². The predicted octanol–water partition coefficient (Wildman–Crippen LogP) is 0.846. The van der Waals surface area contributed by atoms with Crippen molar-refractivity contribution < 1.29 is 0 Å². The second kappa shape index (κ2) is 5.24. The predicted molar refractivity (Wildman–Crippen MR) is 75.4 cm³/mol. The molecule has 0 bridgehead atoms. The first-order chi connectivity index (χ1) is 9.33. The molecule has 3 rings (SSSR count). The molecule has 0 saturated carbocycles. The highest BCUT2D eigenvalue weighted by Crippen LogP contribution is 2.20. The van der Waals surface area contributed by atoms with Crippen molar-refractivity contribution in [3.63, 3.8) is 0 Å². The lowest BCUT2D eigenvalue weighted by molar-refractivity contribution is 0.589. The topological polar surface area (TPSA) is 61.0 Å². The molecule has 19 heavy (non-hydrogen) atoms. The van der Waals surface area contributed by atoms with Crippen LogP contribution in [-0.2, 0) is 0 Å². The first-order valence-electron chi connectivity index (χ1n) is 6.44. The molecular weight excluding hydrogens is 240 g/mol. The summed E-state index contributed by atoms with van der Waals surface area (Å²) in [6.07, 6.45) is 1.53. The third-order valence-corrected chi connectivity index (χ3v) is 3.29. The van der Waals surface area contributed by atoms with Crippen molar-refractivity contribution in [2.24, 2.45) is 0 Å². The molecule has 0 spiro atoms. The van der Waals surface area contributed by atoms with Crippen molar-refractivity contribution in [1.29, 1.82) is 0 Å². The minimum Gasteiger partial charge on any atom is -0.369 e. The zero-order valence-corrected chi connectivity index (χ0v) is 10.6. The number of hydrogen-bond donors (Lipinski definition) is 2. The summed E-state index contributed by atoms with van der Waals surface area (Å²) in [4.78, 5) is 20.5. The average Bonchev–Trinajstić information content (AvgIpc) is 2.48. The van der Waals surface area contributed by atoms with Crippen LogP contribution in [0, 0.1) is 0 Å². The third-order valence-electron chi connectivity index (χ3n) is 3.29. The number of rotatable bonds is 2. The highest BCUT2D eigenvalue weighted by Gasteiger charge is 2.10. The fourth-order valence-electron chi connectivity index (χ4n) is 2.27. The molecule has 1 fully saturated rings. The van der Waals surface area contributed by atoms with Crippen molar-refractivity contribution in [1.82, 2.24) is 15.3 Å². The summed E-state index contributed by atoms with van der Waals surface area (Å²) < 4.78 is 0. The van der Waals surface area contributed by atoms with Crippen LogP contribution in [0.15, 0.2) is 41.3 Å². The highest BCUT2D eigenvalue weighted by atomic mass is 16.1. The minimum atomic E-state index is -0.129. The molecule has 2 N–H and O–H groups in total. The Morgan fingerprint density at radius 1 is 1.05 bits per heavy atom. The standard InChI is InChI=1S/C14H16N4O/c19-13-5-6-16-14(17-13)11-1-3-12(4-2-11)18-9-7-15-8-10-18/h1-6,15H,7-10H2,(H,16,17,19). The number of aromatic amines is 1. The lowest BCUT2D eigenvalue weighted by Gasteiger charge is -2.29. The monoisotopic (exact) mass is 256 g/mol. The van der Waals surface area contributed by atoms with Crippen LogP contribution in [0.4, 0.5) is 5.69 Å². The van der Waals surface area contributed by atoms with Gasteiger partial charge in [0.25, 0.3) is 5.56 Å². The van der Waals surface area contributed by atoms with Gasteiger partial charge in [-0.05, 0) is 24.3 Å². The third kappa shape index (κ3) is 2.66. The van der Waals surface area contributed by atoms with E-state index in [0.717, 1.165) is 31.7 Å². The number of benzene rings is 1. The Labute approximate surface area is 111 Å². The van der Waals surface area contributed by atoms with Gasteiger partial charge in [-0.1, -0.05) is 0 Å². The second-order valence-electron chi connectivity index (χ2n) is 4.57. The van der Waals surface area contributed by atoms with Crippen LogP contribution in [0.5, 0.6) is 0 Å². The van der Waals surface area contributed by atoms with E-state index in [1.807, 2.05) is 12.1 Å². The number of anilines is 1. The van der Waals surface area contributed by atoms with Gasteiger partial charge in [0.2, 0.25) is 0 Å². The first-order valence-corrected chi connectivity index (χ1v) is 6.44.